The van der Waals surface area contributed by atoms with Gasteiger partial charge < -0.3 is 11.1 Å². The summed E-state index contributed by atoms with van der Waals surface area (Å²) in [4.78, 5) is 12.8. The van der Waals surface area contributed by atoms with Crippen LogP contribution in [0.15, 0.2) is 42.5 Å². The first-order valence-electron chi connectivity index (χ1n) is 6.83. The Kier molecular flexibility index (Phi) is 4.70. The van der Waals surface area contributed by atoms with E-state index in [-0.39, 0.29) is 10.9 Å². The SMILES string of the molecule is CCc1ccccc1C(=O)Nc1cccc(C)c1C(N)=S. The number of hydrogen-bond acceptors (Lipinski definition) is 2. The van der Waals surface area contributed by atoms with Gasteiger partial charge in [-0.3, -0.25) is 4.79 Å². The van der Waals surface area contributed by atoms with E-state index in [2.05, 4.69) is 5.32 Å². The zero-order valence-corrected chi connectivity index (χ0v) is 13.0. The van der Waals surface area contributed by atoms with Crippen molar-refractivity contribution in [1.29, 1.82) is 0 Å². The number of nitrogens with one attached hydrogen (secondary N) is 1. The number of carbonyl (C=O) groups is 1. The predicted molar refractivity (Wildman–Crippen MR) is 90.8 cm³/mol. The fourth-order valence-corrected chi connectivity index (χ4v) is 2.61. The van der Waals surface area contributed by atoms with E-state index in [0.717, 1.165) is 23.1 Å². The maximum Gasteiger partial charge on any atom is 0.255 e. The zero-order chi connectivity index (χ0) is 15.4. The van der Waals surface area contributed by atoms with E-state index in [4.69, 9.17) is 18.0 Å². The molecule has 2 aromatic carbocycles. The van der Waals surface area contributed by atoms with Crippen LogP contribution in [-0.2, 0) is 6.42 Å². The smallest absolute Gasteiger partial charge is 0.255 e. The van der Waals surface area contributed by atoms with Gasteiger partial charge in [0.05, 0.1) is 5.69 Å². The second-order valence-electron chi connectivity index (χ2n) is 4.83. The van der Waals surface area contributed by atoms with Crippen molar-refractivity contribution in [2.45, 2.75) is 20.3 Å². The molecule has 0 spiro atoms. The van der Waals surface area contributed by atoms with Crippen LogP contribution < -0.4 is 11.1 Å². The van der Waals surface area contributed by atoms with Crippen molar-refractivity contribution in [1.82, 2.24) is 0 Å². The average Bonchev–Trinajstić information content (AvgIpc) is 2.46. The number of nitrogens with two attached hydrogens (primary N) is 1. The lowest BCUT2D eigenvalue weighted by atomic mass is 10.0. The fourth-order valence-electron chi connectivity index (χ4n) is 2.34. The molecule has 0 saturated carbocycles. The molecule has 0 aliphatic heterocycles. The summed E-state index contributed by atoms with van der Waals surface area (Å²) in [6.07, 6.45) is 0.805. The van der Waals surface area contributed by atoms with Crippen LogP contribution in [0.1, 0.15) is 34.0 Å². The number of rotatable bonds is 4. The van der Waals surface area contributed by atoms with E-state index >= 15 is 0 Å². The molecule has 0 atom stereocenters. The summed E-state index contributed by atoms with van der Waals surface area (Å²) in [5, 5.41) is 2.92. The molecule has 2 rings (SSSR count). The van der Waals surface area contributed by atoms with Crippen molar-refractivity contribution in [3.05, 3.63) is 64.7 Å². The van der Waals surface area contributed by atoms with Crippen LogP contribution in [0.25, 0.3) is 0 Å². The third-order valence-electron chi connectivity index (χ3n) is 3.41. The largest absolute Gasteiger partial charge is 0.389 e. The maximum atomic E-state index is 12.5. The maximum absolute atomic E-state index is 12.5. The summed E-state index contributed by atoms with van der Waals surface area (Å²) in [5.74, 6) is -0.143. The Hall–Kier alpha value is -2.20. The molecule has 0 aromatic heterocycles. The number of aryl methyl sites for hydroxylation is 2. The molecule has 108 valence electrons. The number of anilines is 1. The van der Waals surface area contributed by atoms with Gasteiger partial charge in [0.25, 0.3) is 5.91 Å². The summed E-state index contributed by atoms with van der Waals surface area (Å²) in [6, 6.07) is 13.2. The van der Waals surface area contributed by atoms with Crippen molar-refractivity contribution >= 4 is 28.8 Å². The molecule has 0 radical (unpaired) electrons. The molecule has 2 aromatic rings. The van der Waals surface area contributed by atoms with E-state index < -0.39 is 0 Å². The number of amides is 1. The first kappa shape index (κ1) is 15.2. The van der Waals surface area contributed by atoms with Gasteiger partial charge in [-0.15, -0.1) is 0 Å². The Balaban J connectivity index is 2.37. The van der Waals surface area contributed by atoms with E-state index in [1.165, 1.54) is 0 Å². The summed E-state index contributed by atoms with van der Waals surface area (Å²) >= 11 is 5.08. The minimum absolute atomic E-state index is 0.143. The van der Waals surface area contributed by atoms with E-state index in [9.17, 15) is 4.79 Å². The molecule has 0 fully saturated rings. The molecule has 0 bridgehead atoms. The van der Waals surface area contributed by atoms with Crippen molar-refractivity contribution in [2.24, 2.45) is 5.73 Å². The molecule has 0 unspecified atom stereocenters. The van der Waals surface area contributed by atoms with Gasteiger partial charge in [-0.25, -0.2) is 0 Å². The molecule has 3 nitrogen and oxygen atoms in total. The van der Waals surface area contributed by atoms with E-state index in [1.807, 2.05) is 56.3 Å². The number of thiocarbonyl (C=S) groups is 1. The summed E-state index contributed by atoms with van der Waals surface area (Å²) in [5.41, 5.74) is 9.77. The normalized spacial score (nSPS) is 10.2. The molecule has 0 aliphatic rings. The summed E-state index contributed by atoms with van der Waals surface area (Å²) < 4.78 is 0. The molecule has 1 amide bonds. The van der Waals surface area contributed by atoms with Gasteiger partial charge in [0, 0.05) is 11.1 Å². The third kappa shape index (κ3) is 3.28. The van der Waals surface area contributed by atoms with Crippen LogP contribution >= 0.6 is 12.2 Å². The standard InChI is InChI=1S/C17H18N2OS/c1-3-12-8-4-5-9-13(12)17(20)19-14-10-6-7-11(2)15(14)16(18)21/h4-10H,3H2,1-2H3,(H2,18,21)(H,19,20). The van der Waals surface area contributed by atoms with Crippen LogP contribution in [0.5, 0.6) is 0 Å². The minimum Gasteiger partial charge on any atom is -0.389 e. The molecule has 0 saturated heterocycles. The van der Waals surface area contributed by atoms with Gasteiger partial charge in [0.1, 0.15) is 4.99 Å². The molecule has 0 aliphatic carbocycles. The Morgan fingerprint density at radius 1 is 1.19 bits per heavy atom. The lowest BCUT2D eigenvalue weighted by Gasteiger charge is -2.14. The second-order valence-corrected chi connectivity index (χ2v) is 5.27. The highest BCUT2D eigenvalue weighted by molar-refractivity contribution is 7.80. The van der Waals surface area contributed by atoms with Crippen LogP contribution in [0.2, 0.25) is 0 Å². The van der Waals surface area contributed by atoms with Gasteiger partial charge in [-0.2, -0.15) is 0 Å². The van der Waals surface area contributed by atoms with Crippen molar-refractivity contribution in [2.75, 3.05) is 5.32 Å². The first-order chi connectivity index (χ1) is 10.0. The van der Waals surface area contributed by atoms with E-state index in [1.54, 1.807) is 0 Å². The topological polar surface area (TPSA) is 55.1 Å². The van der Waals surface area contributed by atoms with Crippen LogP contribution in [0.4, 0.5) is 5.69 Å². The third-order valence-corrected chi connectivity index (χ3v) is 3.61. The van der Waals surface area contributed by atoms with Crippen molar-refractivity contribution in [3.63, 3.8) is 0 Å². The summed E-state index contributed by atoms with van der Waals surface area (Å²) in [6.45, 7) is 3.95. The molecular weight excluding hydrogens is 280 g/mol. The Labute approximate surface area is 130 Å². The van der Waals surface area contributed by atoms with Crippen molar-refractivity contribution in [3.8, 4) is 0 Å². The molecule has 3 N–H and O–H groups in total. The first-order valence-corrected chi connectivity index (χ1v) is 7.24. The lowest BCUT2D eigenvalue weighted by Crippen LogP contribution is -2.19. The minimum atomic E-state index is -0.143. The molecular formula is C17H18N2OS. The van der Waals surface area contributed by atoms with Gasteiger partial charge in [0.2, 0.25) is 0 Å². The average molecular weight is 298 g/mol. The number of benzene rings is 2. The van der Waals surface area contributed by atoms with Gasteiger partial charge in [0.15, 0.2) is 0 Å². The quantitative estimate of drug-likeness (QED) is 0.850. The molecule has 21 heavy (non-hydrogen) atoms. The lowest BCUT2D eigenvalue weighted by molar-refractivity contribution is 0.102. The van der Waals surface area contributed by atoms with Crippen molar-refractivity contribution < 1.29 is 4.79 Å². The highest BCUT2D eigenvalue weighted by Crippen LogP contribution is 2.21. The monoisotopic (exact) mass is 298 g/mol. The Bertz CT molecular complexity index is 695. The Morgan fingerprint density at radius 2 is 1.90 bits per heavy atom. The number of hydrogen-bond donors (Lipinski definition) is 2. The van der Waals surface area contributed by atoms with Crippen LogP contribution in [0.3, 0.4) is 0 Å². The van der Waals surface area contributed by atoms with Crippen LogP contribution in [0, 0.1) is 6.92 Å². The Morgan fingerprint density at radius 3 is 2.57 bits per heavy atom. The number of carbonyl (C=O) groups excluding carboxylic acids is 1. The highest BCUT2D eigenvalue weighted by atomic mass is 32.1. The molecule has 4 heteroatoms. The van der Waals surface area contributed by atoms with E-state index in [0.29, 0.717) is 11.3 Å². The fraction of sp³-hybridized carbons (Fsp3) is 0.176. The van der Waals surface area contributed by atoms with Gasteiger partial charge in [-0.1, -0.05) is 49.5 Å². The highest BCUT2D eigenvalue weighted by Gasteiger charge is 2.14. The molecule has 0 heterocycles. The van der Waals surface area contributed by atoms with Gasteiger partial charge in [-0.05, 0) is 36.6 Å². The summed E-state index contributed by atoms with van der Waals surface area (Å²) in [7, 11) is 0. The van der Waals surface area contributed by atoms with Crippen LogP contribution in [-0.4, -0.2) is 10.9 Å². The zero-order valence-electron chi connectivity index (χ0n) is 12.1. The predicted octanol–water partition coefficient (Wildman–Crippen LogP) is 3.44. The van der Waals surface area contributed by atoms with Gasteiger partial charge >= 0.3 is 0 Å². The second kappa shape index (κ2) is 6.50.